The maximum atomic E-state index is 12.2. The van der Waals surface area contributed by atoms with Crippen LogP contribution in [0.15, 0.2) is 124 Å². The Kier molecular flexibility index (Phi) is 7.46. The number of nitrogens with one attached hydrogen (secondary N) is 1. The molecule has 0 radical (unpaired) electrons. The summed E-state index contributed by atoms with van der Waals surface area (Å²) in [4.78, 5) is 17.7. The molecule has 0 aliphatic carbocycles. The molecule has 4 aromatic rings. The fourth-order valence-electron chi connectivity index (χ4n) is 4.79. The van der Waals surface area contributed by atoms with Crippen molar-refractivity contribution in [3.05, 3.63) is 131 Å². The van der Waals surface area contributed by atoms with Gasteiger partial charge >= 0.3 is 0 Å². The Morgan fingerprint density at radius 1 is 0.950 bits per heavy atom. The van der Waals surface area contributed by atoms with Crippen LogP contribution >= 0.6 is 11.8 Å². The predicted octanol–water partition coefficient (Wildman–Crippen LogP) is 7.97. The number of nitrogens with zero attached hydrogens (tertiary/aromatic N) is 3. The fourth-order valence-corrected chi connectivity index (χ4v) is 5.52. The van der Waals surface area contributed by atoms with E-state index >= 15 is 0 Å². The van der Waals surface area contributed by atoms with E-state index in [1.54, 1.807) is 0 Å². The summed E-state index contributed by atoms with van der Waals surface area (Å²) in [7, 11) is 0. The summed E-state index contributed by atoms with van der Waals surface area (Å²) in [6, 6.07) is 36.7. The number of hydrogen-bond donors (Lipinski definition) is 1. The highest BCUT2D eigenvalue weighted by atomic mass is 32.2. The minimum atomic E-state index is -0.141. The Labute approximate surface area is 238 Å². The molecule has 7 heteroatoms. The van der Waals surface area contributed by atoms with Crippen molar-refractivity contribution < 1.29 is 9.53 Å². The molecular weight excluding hydrogens is 516 g/mol. The summed E-state index contributed by atoms with van der Waals surface area (Å²) in [5.41, 5.74) is 6.18. The van der Waals surface area contributed by atoms with E-state index in [0.717, 1.165) is 57.1 Å². The molecule has 1 unspecified atom stereocenters. The van der Waals surface area contributed by atoms with Crippen molar-refractivity contribution >= 4 is 46.0 Å². The van der Waals surface area contributed by atoms with Crippen LogP contribution in [0, 0.1) is 0 Å². The minimum absolute atomic E-state index is 0.112. The summed E-state index contributed by atoms with van der Waals surface area (Å²) >= 11 is 1.15. The number of amidine groups is 1. The van der Waals surface area contributed by atoms with Crippen molar-refractivity contribution in [3.8, 4) is 5.75 Å². The Bertz CT molecular complexity index is 1580. The zero-order valence-electron chi connectivity index (χ0n) is 22.0. The first-order valence-corrected chi connectivity index (χ1v) is 14.1. The van der Waals surface area contributed by atoms with Gasteiger partial charge in [0.25, 0.3) is 5.24 Å². The summed E-state index contributed by atoms with van der Waals surface area (Å²) in [6.07, 6.45) is 2.81. The van der Waals surface area contributed by atoms with E-state index < -0.39 is 0 Å². The first-order valence-electron chi connectivity index (χ1n) is 13.3. The topological polar surface area (TPSA) is 66.3 Å². The molecule has 1 atom stereocenters. The van der Waals surface area contributed by atoms with Gasteiger partial charge in [-0.05, 0) is 77.9 Å². The summed E-state index contributed by atoms with van der Waals surface area (Å²) < 4.78 is 5.51. The molecule has 2 aliphatic rings. The van der Waals surface area contributed by atoms with Crippen molar-refractivity contribution in [3.63, 3.8) is 0 Å². The highest BCUT2D eigenvalue weighted by Gasteiger charge is 2.30. The lowest BCUT2D eigenvalue weighted by Gasteiger charge is -2.24. The normalized spacial score (nSPS) is 18.7. The van der Waals surface area contributed by atoms with Crippen LogP contribution < -0.4 is 15.1 Å². The van der Waals surface area contributed by atoms with Gasteiger partial charge in [-0.2, -0.15) is 5.10 Å². The molecule has 1 saturated heterocycles. The largest absolute Gasteiger partial charge is 0.494 e. The summed E-state index contributed by atoms with van der Waals surface area (Å²) in [5, 5.41) is 9.89. The molecule has 198 valence electrons. The molecule has 6 rings (SSSR count). The van der Waals surface area contributed by atoms with Crippen LogP contribution in [-0.2, 0) is 0 Å². The van der Waals surface area contributed by atoms with Gasteiger partial charge in [0, 0.05) is 6.42 Å². The molecule has 2 aliphatic heterocycles. The van der Waals surface area contributed by atoms with Gasteiger partial charge in [-0.25, -0.2) is 4.99 Å². The predicted molar refractivity (Wildman–Crippen MR) is 165 cm³/mol. The second kappa shape index (κ2) is 11.6. The number of ether oxygens (including phenoxy) is 1. The highest BCUT2D eigenvalue weighted by Crippen LogP contribution is 2.37. The van der Waals surface area contributed by atoms with Gasteiger partial charge in [0.1, 0.15) is 11.6 Å². The van der Waals surface area contributed by atoms with E-state index in [1.165, 1.54) is 5.56 Å². The number of carbonyl (C=O) groups excluding carboxylic acids is 1. The molecule has 1 N–H and O–H groups in total. The van der Waals surface area contributed by atoms with Gasteiger partial charge in [0.05, 0.1) is 34.6 Å². The van der Waals surface area contributed by atoms with Gasteiger partial charge in [0.15, 0.2) is 0 Å². The number of benzene rings is 4. The third-order valence-corrected chi connectivity index (χ3v) is 7.52. The molecule has 0 bridgehead atoms. The maximum Gasteiger partial charge on any atom is 0.289 e. The van der Waals surface area contributed by atoms with Crippen molar-refractivity contribution in [2.75, 3.05) is 11.6 Å². The number of thioether (sulfide) groups is 1. The summed E-state index contributed by atoms with van der Waals surface area (Å²) in [6.45, 7) is 2.56. The molecule has 0 saturated carbocycles. The second-order valence-corrected chi connectivity index (χ2v) is 10.4. The van der Waals surface area contributed by atoms with Crippen LogP contribution in [0.3, 0.4) is 0 Å². The second-order valence-electron chi connectivity index (χ2n) is 9.39. The molecule has 40 heavy (non-hydrogen) atoms. The molecule has 1 fully saturated rings. The van der Waals surface area contributed by atoms with E-state index in [9.17, 15) is 4.79 Å². The number of anilines is 1. The standard InChI is InChI=1S/C33H28N4O2S/c1-2-39-28-19-15-26(16-20-28)34-32-31(40-33(38)35-32)21-23-13-17-27(18-14-23)37-30(25-11-7-4-8-12-25)22-29(36-37)24-9-5-3-6-10-24/h3-21,30H,2,22H2,1H3,(H,34,35,38)/b31-21-. The monoisotopic (exact) mass is 544 g/mol. The Morgan fingerprint density at radius 3 is 2.35 bits per heavy atom. The first-order chi connectivity index (χ1) is 19.7. The zero-order valence-corrected chi connectivity index (χ0v) is 22.8. The van der Waals surface area contributed by atoms with Gasteiger partial charge in [0.2, 0.25) is 0 Å². The minimum Gasteiger partial charge on any atom is -0.494 e. The quantitative estimate of drug-likeness (QED) is 0.256. The van der Waals surface area contributed by atoms with E-state index in [0.29, 0.717) is 12.4 Å². The SMILES string of the molecule is CCOc1ccc(N=C2NC(=O)S/C2=C\c2ccc(N3N=C(c4ccccc4)CC3c3ccccc3)cc2)cc1. The van der Waals surface area contributed by atoms with Crippen LogP contribution in [0.1, 0.15) is 36.1 Å². The van der Waals surface area contributed by atoms with Gasteiger partial charge < -0.3 is 10.1 Å². The Morgan fingerprint density at radius 2 is 1.65 bits per heavy atom. The van der Waals surface area contributed by atoms with Crippen LogP contribution in [0.25, 0.3) is 6.08 Å². The molecule has 0 spiro atoms. The third kappa shape index (κ3) is 5.70. The van der Waals surface area contributed by atoms with Crippen molar-refractivity contribution in [2.24, 2.45) is 10.1 Å². The lowest BCUT2D eigenvalue weighted by molar-refractivity contribution is 0.265. The van der Waals surface area contributed by atoms with Crippen LogP contribution in [0.5, 0.6) is 5.75 Å². The van der Waals surface area contributed by atoms with Crippen molar-refractivity contribution in [1.82, 2.24) is 5.32 Å². The van der Waals surface area contributed by atoms with E-state index in [-0.39, 0.29) is 11.3 Å². The molecule has 1 amide bonds. The maximum absolute atomic E-state index is 12.2. The van der Waals surface area contributed by atoms with E-state index in [4.69, 9.17) is 9.84 Å². The average Bonchev–Trinajstić information content (AvgIpc) is 3.59. The number of aliphatic imine (C=N–C) groups is 1. The first kappa shape index (κ1) is 25.6. The number of hydrogen-bond acceptors (Lipinski definition) is 6. The molecular formula is C33H28N4O2S. The number of carbonyl (C=O) groups is 1. The van der Waals surface area contributed by atoms with Gasteiger partial charge in [-0.1, -0.05) is 72.8 Å². The van der Waals surface area contributed by atoms with Crippen molar-refractivity contribution in [2.45, 2.75) is 19.4 Å². The molecule has 2 heterocycles. The number of hydrazone groups is 1. The van der Waals surface area contributed by atoms with E-state index in [1.807, 2.05) is 49.4 Å². The summed E-state index contributed by atoms with van der Waals surface area (Å²) in [5.74, 6) is 1.34. The Balaban J connectivity index is 1.27. The number of rotatable bonds is 7. The third-order valence-electron chi connectivity index (χ3n) is 6.70. The van der Waals surface area contributed by atoms with Crippen LogP contribution in [0.4, 0.5) is 16.2 Å². The lowest BCUT2D eigenvalue weighted by Crippen LogP contribution is -2.18. The van der Waals surface area contributed by atoms with Crippen LogP contribution in [-0.4, -0.2) is 23.4 Å². The Hall–Kier alpha value is -4.62. The van der Waals surface area contributed by atoms with Crippen LogP contribution in [0.2, 0.25) is 0 Å². The zero-order chi connectivity index (χ0) is 27.3. The van der Waals surface area contributed by atoms with Gasteiger partial charge in [-0.15, -0.1) is 0 Å². The lowest BCUT2D eigenvalue weighted by atomic mass is 9.98. The average molecular weight is 545 g/mol. The van der Waals surface area contributed by atoms with E-state index in [2.05, 4.69) is 88.1 Å². The molecule has 6 nitrogen and oxygen atoms in total. The number of amides is 1. The van der Waals surface area contributed by atoms with Crippen molar-refractivity contribution in [1.29, 1.82) is 0 Å². The van der Waals surface area contributed by atoms with Gasteiger partial charge in [-0.3, -0.25) is 9.80 Å². The molecule has 0 aromatic heterocycles. The molecule has 4 aromatic carbocycles. The fraction of sp³-hybridized carbons (Fsp3) is 0.121. The highest BCUT2D eigenvalue weighted by molar-refractivity contribution is 8.18. The smallest absolute Gasteiger partial charge is 0.289 e.